The van der Waals surface area contributed by atoms with Gasteiger partial charge in [-0.15, -0.1) is 0 Å². The molecule has 1 amide bonds. The fourth-order valence-electron chi connectivity index (χ4n) is 3.22. The van der Waals surface area contributed by atoms with Crippen LogP contribution in [0.15, 0.2) is 35.4 Å². The molecule has 138 valence electrons. The maximum Gasteiger partial charge on any atom is 0.224 e. The molecular formula is C19H31N5O. The second kappa shape index (κ2) is 9.53. The van der Waals surface area contributed by atoms with Crippen molar-refractivity contribution in [3.05, 3.63) is 35.9 Å². The summed E-state index contributed by atoms with van der Waals surface area (Å²) in [6, 6.07) is 10.6. The molecule has 1 aliphatic rings. The minimum atomic E-state index is 0.000568. The van der Waals surface area contributed by atoms with E-state index < -0.39 is 0 Å². The quantitative estimate of drug-likeness (QED) is 0.368. The molecule has 0 spiro atoms. The van der Waals surface area contributed by atoms with Gasteiger partial charge in [-0.2, -0.15) is 5.10 Å². The molecule has 1 heterocycles. The number of nitrogens with two attached hydrogens (primary N) is 1. The molecule has 0 unspecified atom stereocenters. The highest BCUT2D eigenvalue weighted by atomic mass is 16.2. The maximum absolute atomic E-state index is 11.9. The van der Waals surface area contributed by atoms with Crippen molar-refractivity contribution in [3.8, 4) is 0 Å². The van der Waals surface area contributed by atoms with E-state index in [-0.39, 0.29) is 11.8 Å². The number of amidine groups is 1. The largest absolute Gasteiger partial charge is 0.322 e. The van der Waals surface area contributed by atoms with Crippen LogP contribution in [0.2, 0.25) is 0 Å². The molecule has 25 heavy (non-hydrogen) atoms. The number of carbonyl (C=O) groups excluding carboxylic acids is 1. The molecule has 1 fully saturated rings. The zero-order valence-electron chi connectivity index (χ0n) is 15.7. The molecule has 0 aliphatic carbocycles. The van der Waals surface area contributed by atoms with Crippen molar-refractivity contribution in [2.24, 2.45) is 16.9 Å². The Labute approximate surface area is 151 Å². The molecule has 0 saturated carbocycles. The first kappa shape index (κ1) is 19.4. The first-order valence-corrected chi connectivity index (χ1v) is 9.05. The number of hydrogen-bond donors (Lipinski definition) is 1. The van der Waals surface area contributed by atoms with Crippen LogP contribution in [0.3, 0.4) is 0 Å². The average Bonchev–Trinajstić information content (AvgIpc) is 2.60. The van der Waals surface area contributed by atoms with Gasteiger partial charge in [-0.05, 0) is 5.56 Å². The van der Waals surface area contributed by atoms with Crippen molar-refractivity contribution in [1.29, 1.82) is 0 Å². The van der Waals surface area contributed by atoms with Gasteiger partial charge in [-0.25, -0.2) is 0 Å². The van der Waals surface area contributed by atoms with Gasteiger partial charge in [-0.1, -0.05) is 44.2 Å². The Morgan fingerprint density at radius 3 is 2.28 bits per heavy atom. The summed E-state index contributed by atoms with van der Waals surface area (Å²) in [5.74, 6) is 6.28. The predicted molar refractivity (Wildman–Crippen MR) is 102 cm³/mol. The van der Waals surface area contributed by atoms with E-state index in [0.717, 1.165) is 39.3 Å². The van der Waals surface area contributed by atoms with Crippen LogP contribution in [0.25, 0.3) is 0 Å². The van der Waals surface area contributed by atoms with Crippen molar-refractivity contribution in [3.63, 3.8) is 0 Å². The van der Waals surface area contributed by atoms with Gasteiger partial charge in [0.1, 0.15) is 5.84 Å². The van der Waals surface area contributed by atoms with Crippen LogP contribution in [0.4, 0.5) is 0 Å². The van der Waals surface area contributed by atoms with Crippen molar-refractivity contribution in [1.82, 2.24) is 14.7 Å². The number of hydrazone groups is 1. The lowest BCUT2D eigenvalue weighted by atomic mass is 10.1. The molecule has 0 radical (unpaired) electrons. The number of nitrogens with zero attached hydrogens (tertiary/aromatic N) is 4. The normalized spacial score (nSPS) is 17.0. The van der Waals surface area contributed by atoms with E-state index in [1.165, 1.54) is 5.56 Å². The van der Waals surface area contributed by atoms with Crippen LogP contribution in [0.1, 0.15) is 26.3 Å². The molecular weight excluding hydrogens is 314 g/mol. The Bertz CT molecular complexity index is 564. The number of piperazine rings is 1. The van der Waals surface area contributed by atoms with Crippen LogP contribution in [-0.4, -0.2) is 65.7 Å². The average molecular weight is 345 g/mol. The van der Waals surface area contributed by atoms with E-state index in [1.54, 1.807) is 11.8 Å². The smallest absolute Gasteiger partial charge is 0.224 e. The molecule has 1 aliphatic heterocycles. The Hall–Kier alpha value is -1.92. The highest BCUT2D eigenvalue weighted by molar-refractivity contribution is 5.98. The van der Waals surface area contributed by atoms with Crippen LogP contribution < -0.4 is 5.84 Å². The van der Waals surface area contributed by atoms with E-state index in [9.17, 15) is 4.79 Å². The molecule has 1 aromatic carbocycles. The van der Waals surface area contributed by atoms with Gasteiger partial charge in [-0.3, -0.25) is 19.5 Å². The fraction of sp³-hybridized carbons (Fsp3) is 0.579. The van der Waals surface area contributed by atoms with Gasteiger partial charge in [0.15, 0.2) is 0 Å². The molecule has 1 saturated heterocycles. The number of rotatable bonds is 6. The van der Waals surface area contributed by atoms with Crippen LogP contribution >= 0.6 is 0 Å². The molecule has 6 nitrogen and oxygen atoms in total. The minimum Gasteiger partial charge on any atom is -0.322 e. The number of hydrogen-bond acceptors (Lipinski definition) is 5. The fourth-order valence-corrected chi connectivity index (χ4v) is 3.22. The second-order valence-corrected chi connectivity index (χ2v) is 6.92. The molecule has 1 aromatic rings. The van der Waals surface area contributed by atoms with Crippen molar-refractivity contribution >= 4 is 11.7 Å². The van der Waals surface area contributed by atoms with Crippen LogP contribution in [-0.2, 0) is 11.3 Å². The molecule has 2 rings (SSSR count). The summed E-state index contributed by atoms with van der Waals surface area (Å²) < 4.78 is 0. The van der Waals surface area contributed by atoms with Crippen molar-refractivity contribution in [2.75, 3.05) is 39.3 Å². The summed E-state index contributed by atoms with van der Waals surface area (Å²) in [7, 11) is 0. The van der Waals surface area contributed by atoms with Gasteiger partial charge in [0.2, 0.25) is 5.91 Å². The van der Waals surface area contributed by atoms with Gasteiger partial charge in [0.05, 0.1) is 0 Å². The first-order chi connectivity index (χ1) is 12.0. The van der Waals surface area contributed by atoms with Crippen molar-refractivity contribution < 1.29 is 4.79 Å². The lowest BCUT2D eigenvalue weighted by molar-refractivity contribution is -0.125. The van der Waals surface area contributed by atoms with Gasteiger partial charge in [0.25, 0.3) is 0 Å². The van der Waals surface area contributed by atoms with E-state index in [2.05, 4.69) is 45.2 Å². The zero-order valence-corrected chi connectivity index (χ0v) is 15.7. The summed E-state index contributed by atoms with van der Waals surface area (Å²) in [5, 5.41) is 3.83. The number of benzene rings is 1. The van der Waals surface area contributed by atoms with E-state index in [4.69, 9.17) is 5.84 Å². The first-order valence-electron chi connectivity index (χ1n) is 9.05. The molecule has 0 aromatic heterocycles. The standard InChI is InChI=1S/C19H31N5O/c1-16(2)19(21-20)24(17(3)25)14-13-22-9-11-23(12-10-22)15-18-7-5-4-6-8-18/h4-8,16H,9-15,20H2,1-3H3/b21-19+. The summed E-state index contributed by atoms with van der Waals surface area (Å²) in [4.78, 5) is 18.5. The highest BCUT2D eigenvalue weighted by Gasteiger charge is 2.22. The predicted octanol–water partition coefficient (Wildman–Crippen LogP) is 1.58. The van der Waals surface area contributed by atoms with Gasteiger partial charge < -0.3 is 5.84 Å². The van der Waals surface area contributed by atoms with Gasteiger partial charge in [0, 0.05) is 58.7 Å². The monoisotopic (exact) mass is 345 g/mol. The maximum atomic E-state index is 11.9. The van der Waals surface area contributed by atoms with Crippen molar-refractivity contribution in [2.45, 2.75) is 27.3 Å². The van der Waals surface area contributed by atoms with E-state index in [1.807, 2.05) is 13.8 Å². The lowest BCUT2D eigenvalue weighted by Crippen LogP contribution is -2.49. The third-order valence-corrected chi connectivity index (χ3v) is 4.66. The molecule has 0 bridgehead atoms. The highest BCUT2D eigenvalue weighted by Crippen LogP contribution is 2.09. The number of amides is 1. The minimum absolute atomic E-state index is 0.000568. The van der Waals surface area contributed by atoms with Gasteiger partial charge >= 0.3 is 0 Å². The molecule has 2 N–H and O–H groups in total. The van der Waals surface area contributed by atoms with E-state index >= 15 is 0 Å². The summed E-state index contributed by atoms with van der Waals surface area (Å²) in [6.07, 6.45) is 0. The van der Waals surface area contributed by atoms with E-state index in [0.29, 0.717) is 12.4 Å². The summed E-state index contributed by atoms with van der Waals surface area (Å²) >= 11 is 0. The molecule has 6 heteroatoms. The third kappa shape index (κ3) is 5.83. The Morgan fingerprint density at radius 2 is 1.76 bits per heavy atom. The Morgan fingerprint density at radius 1 is 1.16 bits per heavy atom. The molecule has 0 atom stereocenters. The van der Waals surface area contributed by atoms with Crippen LogP contribution in [0.5, 0.6) is 0 Å². The van der Waals surface area contributed by atoms with Crippen LogP contribution in [0, 0.1) is 5.92 Å². The third-order valence-electron chi connectivity index (χ3n) is 4.66. The summed E-state index contributed by atoms with van der Waals surface area (Å²) in [6.45, 7) is 12.2. The second-order valence-electron chi connectivity index (χ2n) is 6.92. The lowest BCUT2D eigenvalue weighted by Gasteiger charge is -2.36. The zero-order chi connectivity index (χ0) is 18.2. The summed E-state index contributed by atoms with van der Waals surface area (Å²) in [5.41, 5.74) is 1.36. The Kier molecular flexibility index (Phi) is 7.40. The number of carbonyl (C=O) groups is 1. The Balaban J connectivity index is 1.80. The SMILES string of the molecule is CC(=O)N(CCN1CCN(Cc2ccccc2)CC1)/C(=N/N)C(C)C. The topological polar surface area (TPSA) is 65.2 Å².